The predicted molar refractivity (Wildman–Crippen MR) is 93.1 cm³/mol. The SMILES string of the molecule is N[C@H](CCc1ccccc1)C(=O)Nc1cnc2ccc(F)cc2c1. The maximum atomic E-state index is 13.3. The summed E-state index contributed by atoms with van der Waals surface area (Å²) in [4.78, 5) is 16.4. The zero-order chi connectivity index (χ0) is 16.9. The van der Waals surface area contributed by atoms with E-state index in [1.807, 2.05) is 30.3 Å². The Morgan fingerprint density at radius 2 is 1.96 bits per heavy atom. The largest absolute Gasteiger partial charge is 0.323 e. The van der Waals surface area contributed by atoms with Gasteiger partial charge in [0.15, 0.2) is 0 Å². The fraction of sp³-hybridized carbons (Fsp3) is 0.158. The third-order valence-electron chi connectivity index (χ3n) is 3.83. The van der Waals surface area contributed by atoms with E-state index in [0.717, 1.165) is 12.0 Å². The van der Waals surface area contributed by atoms with Crippen LogP contribution in [0.15, 0.2) is 60.8 Å². The molecule has 1 atom stereocenters. The Hall–Kier alpha value is -2.79. The molecule has 122 valence electrons. The van der Waals surface area contributed by atoms with Crippen LogP contribution in [0.1, 0.15) is 12.0 Å². The Labute approximate surface area is 139 Å². The fourth-order valence-corrected chi connectivity index (χ4v) is 2.50. The number of halogens is 1. The van der Waals surface area contributed by atoms with Gasteiger partial charge in [-0.2, -0.15) is 0 Å². The molecule has 1 amide bonds. The standard InChI is InChI=1S/C19H18FN3O/c20-15-7-9-18-14(10-15)11-16(12-22-18)23-19(24)17(21)8-6-13-4-2-1-3-5-13/h1-5,7,9-12,17H,6,8,21H2,(H,23,24)/t17-/m1/s1. The molecule has 3 aromatic rings. The molecular formula is C19H18FN3O. The molecule has 5 heteroatoms. The number of carbonyl (C=O) groups excluding carboxylic acids is 1. The van der Waals surface area contributed by atoms with Gasteiger partial charge in [0.25, 0.3) is 0 Å². The minimum absolute atomic E-state index is 0.275. The number of hydrogen-bond acceptors (Lipinski definition) is 3. The van der Waals surface area contributed by atoms with Crippen LogP contribution in [-0.2, 0) is 11.2 Å². The number of aromatic nitrogens is 1. The van der Waals surface area contributed by atoms with Crippen molar-refractivity contribution in [1.82, 2.24) is 4.98 Å². The van der Waals surface area contributed by atoms with E-state index in [0.29, 0.717) is 23.0 Å². The maximum absolute atomic E-state index is 13.3. The zero-order valence-electron chi connectivity index (χ0n) is 13.1. The monoisotopic (exact) mass is 323 g/mol. The summed E-state index contributed by atoms with van der Waals surface area (Å²) < 4.78 is 13.3. The molecule has 4 nitrogen and oxygen atoms in total. The molecule has 0 aliphatic rings. The Bertz CT molecular complexity index is 852. The van der Waals surface area contributed by atoms with Crippen molar-refractivity contribution in [2.24, 2.45) is 5.73 Å². The minimum Gasteiger partial charge on any atom is -0.323 e. The van der Waals surface area contributed by atoms with Gasteiger partial charge in [-0.05, 0) is 42.7 Å². The van der Waals surface area contributed by atoms with Crippen molar-refractivity contribution < 1.29 is 9.18 Å². The smallest absolute Gasteiger partial charge is 0.241 e. The number of amides is 1. The van der Waals surface area contributed by atoms with E-state index in [-0.39, 0.29) is 11.7 Å². The molecule has 1 aromatic heterocycles. The molecular weight excluding hydrogens is 305 g/mol. The van der Waals surface area contributed by atoms with Crippen LogP contribution in [0.2, 0.25) is 0 Å². The highest BCUT2D eigenvalue weighted by Crippen LogP contribution is 2.18. The lowest BCUT2D eigenvalue weighted by atomic mass is 10.1. The molecule has 0 aliphatic carbocycles. The molecule has 3 rings (SSSR count). The Morgan fingerprint density at radius 1 is 1.17 bits per heavy atom. The van der Waals surface area contributed by atoms with Gasteiger partial charge in [-0.1, -0.05) is 30.3 Å². The van der Waals surface area contributed by atoms with Gasteiger partial charge in [0.05, 0.1) is 23.4 Å². The van der Waals surface area contributed by atoms with Crippen LogP contribution < -0.4 is 11.1 Å². The summed E-state index contributed by atoms with van der Waals surface area (Å²) in [5.74, 6) is -0.615. The highest BCUT2D eigenvalue weighted by molar-refractivity contribution is 5.96. The topological polar surface area (TPSA) is 68.0 Å². The van der Waals surface area contributed by atoms with E-state index in [1.54, 1.807) is 18.3 Å². The summed E-state index contributed by atoms with van der Waals surface area (Å²) in [7, 11) is 0. The first kappa shape index (κ1) is 16.1. The second-order valence-electron chi connectivity index (χ2n) is 5.68. The van der Waals surface area contributed by atoms with Gasteiger partial charge < -0.3 is 11.1 Å². The highest BCUT2D eigenvalue weighted by atomic mass is 19.1. The van der Waals surface area contributed by atoms with Crippen molar-refractivity contribution in [2.75, 3.05) is 5.32 Å². The number of pyridine rings is 1. The van der Waals surface area contributed by atoms with Gasteiger partial charge in [-0.15, -0.1) is 0 Å². The van der Waals surface area contributed by atoms with Crippen LogP contribution in [-0.4, -0.2) is 16.9 Å². The van der Waals surface area contributed by atoms with Crippen molar-refractivity contribution in [1.29, 1.82) is 0 Å². The number of anilines is 1. The number of nitrogens with zero attached hydrogens (tertiary/aromatic N) is 1. The molecule has 0 saturated carbocycles. The minimum atomic E-state index is -0.617. The molecule has 3 N–H and O–H groups in total. The summed E-state index contributed by atoms with van der Waals surface area (Å²) in [6.07, 6.45) is 2.82. The van der Waals surface area contributed by atoms with Gasteiger partial charge in [0, 0.05) is 5.39 Å². The molecule has 0 saturated heterocycles. The first-order valence-corrected chi connectivity index (χ1v) is 7.77. The second kappa shape index (κ2) is 7.19. The number of fused-ring (bicyclic) bond motifs is 1. The van der Waals surface area contributed by atoms with Gasteiger partial charge in [-0.25, -0.2) is 4.39 Å². The van der Waals surface area contributed by atoms with Crippen molar-refractivity contribution in [2.45, 2.75) is 18.9 Å². The van der Waals surface area contributed by atoms with E-state index >= 15 is 0 Å². The van der Waals surface area contributed by atoms with Crippen LogP contribution in [0, 0.1) is 5.82 Å². The number of nitrogens with two attached hydrogens (primary N) is 1. The quantitative estimate of drug-likeness (QED) is 0.757. The Balaban J connectivity index is 1.63. The summed E-state index contributed by atoms with van der Waals surface area (Å²) in [6.45, 7) is 0. The van der Waals surface area contributed by atoms with E-state index in [9.17, 15) is 9.18 Å². The number of aryl methyl sites for hydroxylation is 1. The number of hydrogen-bond donors (Lipinski definition) is 2. The van der Waals surface area contributed by atoms with Crippen LogP contribution >= 0.6 is 0 Å². The van der Waals surface area contributed by atoms with Crippen molar-refractivity contribution in [3.63, 3.8) is 0 Å². The lowest BCUT2D eigenvalue weighted by Gasteiger charge is -2.12. The molecule has 0 radical (unpaired) electrons. The summed E-state index contributed by atoms with van der Waals surface area (Å²) in [5.41, 5.74) is 8.28. The first-order valence-electron chi connectivity index (χ1n) is 7.77. The van der Waals surface area contributed by atoms with Gasteiger partial charge in [-0.3, -0.25) is 9.78 Å². The number of nitrogens with one attached hydrogen (secondary N) is 1. The summed E-state index contributed by atoms with van der Waals surface area (Å²) >= 11 is 0. The first-order chi connectivity index (χ1) is 11.6. The molecule has 0 spiro atoms. The fourth-order valence-electron chi connectivity index (χ4n) is 2.50. The van der Waals surface area contributed by atoms with Gasteiger partial charge >= 0.3 is 0 Å². The van der Waals surface area contributed by atoms with Crippen LogP contribution in [0.3, 0.4) is 0 Å². The highest BCUT2D eigenvalue weighted by Gasteiger charge is 2.14. The number of carbonyl (C=O) groups is 1. The van der Waals surface area contributed by atoms with E-state index in [1.165, 1.54) is 12.1 Å². The average Bonchev–Trinajstić information content (AvgIpc) is 2.60. The molecule has 24 heavy (non-hydrogen) atoms. The average molecular weight is 323 g/mol. The van der Waals surface area contributed by atoms with E-state index in [2.05, 4.69) is 10.3 Å². The number of rotatable bonds is 5. The predicted octanol–water partition coefficient (Wildman–Crippen LogP) is 3.27. The molecule has 0 fully saturated rings. The van der Waals surface area contributed by atoms with Crippen LogP contribution in [0.4, 0.5) is 10.1 Å². The van der Waals surface area contributed by atoms with Gasteiger partial charge in [0.2, 0.25) is 5.91 Å². The second-order valence-corrected chi connectivity index (χ2v) is 5.68. The normalized spacial score (nSPS) is 12.1. The molecule has 0 bridgehead atoms. The molecule has 0 unspecified atom stereocenters. The van der Waals surface area contributed by atoms with Crippen molar-refractivity contribution in [3.05, 3.63) is 72.2 Å². The van der Waals surface area contributed by atoms with Crippen molar-refractivity contribution in [3.8, 4) is 0 Å². The molecule has 0 aliphatic heterocycles. The zero-order valence-corrected chi connectivity index (χ0v) is 13.1. The lowest BCUT2D eigenvalue weighted by Crippen LogP contribution is -2.36. The summed E-state index contributed by atoms with van der Waals surface area (Å²) in [5, 5.41) is 3.37. The van der Waals surface area contributed by atoms with E-state index < -0.39 is 6.04 Å². The Morgan fingerprint density at radius 3 is 2.75 bits per heavy atom. The Kier molecular flexibility index (Phi) is 4.82. The van der Waals surface area contributed by atoms with Crippen LogP contribution in [0.5, 0.6) is 0 Å². The summed E-state index contributed by atoms with van der Waals surface area (Å²) in [6, 6.07) is 15.3. The maximum Gasteiger partial charge on any atom is 0.241 e. The molecule has 2 aromatic carbocycles. The van der Waals surface area contributed by atoms with Crippen molar-refractivity contribution >= 4 is 22.5 Å². The van der Waals surface area contributed by atoms with Crippen LogP contribution in [0.25, 0.3) is 10.9 Å². The molecule has 1 heterocycles. The third kappa shape index (κ3) is 3.94. The lowest BCUT2D eigenvalue weighted by molar-refractivity contribution is -0.117. The third-order valence-corrected chi connectivity index (χ3v) is 3.83. The van der Waals surface area contributed by atoms with E-state index in [4.69, 9.17) is 5.73 Å². The van der Waals surface area contributed by atoms with Gasteiger partial charge in [0.1, 0.15) is 5.82 Å². The number of benzene rings is 2.